The molecule has 0 saturated heterocycles. The number of benzene rings is 1. The van der Waals surface area contributed by atoms with E-state index in [1.54, 1.807) is 13.0 Å². The Bertz CT molecular complexity index is 708. The van der Waals surface area contributed by atoms with Crippen molar-refractivity contribution in [1.82, 2.24) is 9.78 Å². The van der Waals surface area contributed by atoms with Gasteiger partial charge in [0.05, 0.1) is 11.4 Å². The van der Waals surface area contributed by atoms with Crippen LogP contribution in [0.1, 0.15) is 11.3 Å². The fourth-order valence-electron chi connectivity index (χ4n) is 1.72. The quantitative estimate of drug-likeness (QED) is 0.801. The largest absolute Gasteiger partial charge is 0.266 e. The summed E-state index contributed by atoms with van der Waals surface area (Å²) in [5.74, 6) is 0. The normalized spacial score (nSPS) is 11.8. The lowest BCUT2D eigenvalue weighted by Gasteiger charge is -2.06. The smallest absolute Gasteiger partial charge is 0.220 e. The van der Waals surface area contributed by atoms with Gasteiger partial charge in [-0.2, -0.15) is 5.10 Å². The van der Waals surface area contributed by atoms with Crippen LogP contribution >= 0.6 is 22.3 Å². The fraction of sp³-hybridized carbons (Fsp3) is 0.182. The fourth-order valence-corrected chi connectivity index (χ4v) is 3.65. The van der Waals surface area contributed by atoms with Gasteiger partial charge in [0.25, 0.3) is 9.05 Å². The first-order chi connectivity index (χ1) is 8.32. The Hall–Kier alpha value is -1.04. The average molecular weight is 305 g/mol. The SMILES string of the molecule is Cc1ccccc1-n1nc(C)c(S(=O)(=O)Cl)c1Cl. The standard InChI is InChI=1S/C11H10Cl2N2O2S/c1-7-5-3-4-6-9(7)15-11(12)10(8(2)14-15)18(13,16)17/h3-6H,1-2H3. The molecule has 0 spiro atoms. The van der Waals surface area contributed by atoms with E-state index in [2.05, 4.69) is 5.10 Å². The summed E-state index contributed by atoms with van der Waals surface area (Å²) in [5.41, 5.74) is 1.93. The number of nitrogens with zero attached hydrogens (tertiary/aromatic N) is 2. The summed E-state index contributed by atoms with van der Waals surface area (Å²) in [6.45, 7) is 3.44. The Morgan fingerprint density at radius 3 is 2.33 bits per heavy atom. The molecule has 1 aromatic carbocycles. The summed E-state index contributed by atoms with van der Waals surface area (Å²) in [6, 6.07) is 7.39. The van der Waals surface area contributed by atoms with Gasteiger partial charge in [-0.3, -0.25) is 0 Å². The number of aryl methyl sites for hydroxylation is 2. The van der Waals surface area contributed by atoms with Crippen molar-refractivity contribution >= 4 is 31.3 Å². The van der Waals surface area contributed by atoms with Gasteiger partial charge in [0.1, 0.15) is 4.90 Å². The molecule has 96 valence electrons. The van der Waals surface area contributed by atoms with Crippen LogP contribution < -0.4 is 0 Å². The third-order valence-electron chi connectivity index (χ3n) is 2.54. The Morgan fingerprint density at radius 2 is 1.83 bits per heavy atom. The van der Waals surface area contributed by atoms with Gasteiger partial charge in [0.2, 0.25) is 0 Å². The lowest BCUT2D eigenvalue weighted by molar-refractivity contribution is 0.609. The molecule has 0 bridgehead atoms. The molecule has 0 atom stereocenters. The zero-order valence-corrected chi connectivity index (χ0v) is 12.0. The zero-order chi connectivity index (χ0) is 13.5. The molecule has 4 nitrogen and oxygen atoms in total. The minimum atomic E-state index is -3.91. The van der Waals surface area contributed by atoms with Crippen molar-refractivity contribution in [3.8, 4) is 5.69 Å². The lowest BCUT2D eigenvalue weighted by atomic mass is 10.2. The van der Waals surface area contributed by atoms with Crippen LogP contribution in [-0.4, -0.2) is 18.2 Å². The molecule has 2 aromatic rings. The first kappa shape index (κ1) is 13.4. The lowest BCUT2D eigenvalue weighted by Crippen LogP contribution is -1.99. The molecular formula is C11H10Cl2N2O2S. The number of rotatable bonds is 2. The Balaban J connectivity index is 2.74. The van der Waals surface area contributed by atoms with Crippen molar-refractivity contribution in [2.24, 2.45) is 0 Å². The van der Waals surface area contributed by atoms with E-state index in [0.717, 1.165) is 11.3 Å². The number of aromatic nitrogens is 2. The number of hydrogen-bond donors (Lipinski definition) is 0. The minimum Gasteiger partial charge on any atom is -0.220 e. The van der Waals surface area contributed by atoms with Gasteiger partial charge in [0, 0.05) is 10.7 Å². The minimum absolute atomic E-state index is 0.00296. The molecule has 18 heavy (non-hydrogen) atoms. The topological polar surface area (TPSA) is 52.0 Å². The first-order valence-electron chi connectivity index (χ1n) is 5.08. The van der Waals surface area contributed by atoms with E-state index in [9.17, 15) is 8.42 Å². The molecule has 1 heterocycles. The van der Waals surface area contributed by atoms with Gasteiger partial charge in [0.15, 0.2) is 5.15 Å². The van der Waals surface area contributed by atoms with Crippen molar-refractivity contribution < 1.29 is 8.42 Å². The molecule has 0 aliphatic heterocycles. The Kier molecular flexibility index (Phi) is 3.40. The van der Waals surface area contributed by atoms with E-state index < -0.39 is 9.05 Å². The predicted octanol–water partition coefficient (Wildman–Crippen LogP) is 3.07. The second-order valence-electron chi connectivity index (χ2n) is 3.84. The zero-order valence-electron chi connectivity index (χ0n) is 9.68. The molecule has 0 unspecified atom stereocenters. The van der Waals surface area contributed by atoms with E-state index in [0.29, 0.717) is 0 Å². The monoisotopic (exact) mass is 304 g/mol. The van der Waals surface area contributed by atoms with E-state index in [1.807, 2.05) is 25.1 Å². The molecule has 0 radical (unpaired) electrons. The molecule has 0 aliphatic carbocycles. The van der Waals surface area contributed by atoms with E-state index >= 15 is 0 Å². The summed E-state index contributed by atoms with van der Waals surface area (Å²) in [4.78, 5) is -0.144. The van der Waals surface area contributed by atoms with Crippen LogP contribution in [0.4, 0.5) is 0 Å². The van der Waals surface area contributed by atoms with Gasteiger partial charge in [-0.1, -0.05) is 29.8 Å². The summed E-state index contributed by atoms with van der Waals surface area (Å²) < 4.78 is 24.2. The highest BCUT2D eigenvalue weighted by atomic mass is 35.7. The van der Waals surface area contributed by atoms with Gasteiger partial charge in [-0.25, -0.2) is 13.1 Å². The summed E-state index contributed by atoms with van der Waals surface area (Å²) in [6.07, 6.45) is 0. The molecule has 1 aromatic heterocycles. The molecule has 2 rings (SSSR count). The molecule has 0 amide bonds. The summed E-state index contributed by atoms with van der Waals surface area (Å²) >= 11 is 6.06. The second-order valence-corrected chi connectivity index (χ2v) is 6.70. The highest BCUT2D eigenvalue weighted by molar-refractivity contribution is 8.13. The summed E-state index contributed by atoms with van der Waals surface area (Å²) in [5, 5.41) is 4.13. The number of para-hydroxylation sites is 1. The first-order valence-corrected chi connectivity index (χ1v) is 7.77. The average Bonchev–Trinajstić information content (AvgIpc) is 2.54. The highest BCUT2D eigenvalue weighted by Gasteiger charge is 2.25. The van der Waals surface area contributed by atoms with Crippen LogP contribution in [-0.2, 0) is 9.05 Å². The van der Waals surface area contributed by atoms with Crippen LogP contribution in [0.25, 0.3) is 5.69 Å². The third kappa shape index (κ3) is 2.25. The molecular weight excluding hydrogens is 295 g/mol. The van der Waals surface area contributed by atoms with Crippen molar-refractivity contribution in [3.63, 3.8) is 0 Å². The summed E-state index contributed by atoms with van der Waals surface area (Å²) in [7, 11) is 1.44. The van der Waals surface area contributed by atoms with Crippen LogP contribution in [0.5, 0.6) is 0 Å². The maximum absolute atomic E-state index is 11.4. The van der Waals surface area contributed by atoms with Crippen LogP contribution in [0.2, 0.25) is 5.15 Å². The molecule has 0 aliphatic rings. The van der Waals surface area contributed by atoms with Crippen molar-refractivity contribution in [3.05, 3.63) is 40.7 Å². The van der Waals surface area contributed by atoms with Crippen molar-refractivity contribution in [2.75, 3.05) is 0 Å². The van der Waals surface area contributed by atoms with Crippen molar-refractivity contribution in [2.45, 2.75) is 18.7 Å². The predicted molar refractivity (Wildman–Crippen MR) is 71.1 cm³/mol. The second kappa shape index (κ2) is 4.57. The van der Waals surface area contributed by atoms with E-state index in [4.69, 9.17) is 22.3 Å². The van der Waals surface area contributed by atoms with Gasteiger partial charge >= 0.3 is 0 Å². The van der Waals surface area contributed by atoms with Crippen LogP contribution in [0.15, 0.2) is 29.2 Å². The maximum atomic E-state index is 11.4. The maximum Gasteiger partial charge on any atom is 0.266 e. The van der Waals surface area contributed by atoms with Crippen LogP contribution in [0, 0.1) is 13.8 Å². The Morgan fingerprint density at radius 1 is 1.22 bits per heavy atom. The van der Waals surface area contributed by atoms with E-state index in [-0.39, 0.29) is 15.7 Å². The molecule has 7 heteroatoms. The van der Waals surface area contributed by atoms with Gasteiger partial charge < -0.3 is 0 Å². The third-order valence-corrected chi connectivity index (χ3v) is 4.44. The Labute approximate surface area is 115 Å². The molecule has 0 N–H and O–H groups in total. The molecule has 0 saturated carbocycles. The van der Waals surface area contributed by atoms with Crippen LogP contribution in [0.3, 0.4) is 0 Å². The molecule has 0 fully saturated rings. The van der Waals surface area contributed by atoms with Gasteiger partial charge in [-0.15, -0.1) is 0 Å². The van der Waals surface area contributed by atoms with Gasteiger partial charge in [-0.05, 0) is 25.5 Å². The highest BCUT2D eigenvalue weighted by Crippen LogP contribution is 2.30. The van der Waals surface area contributed by atoms with E-state index in [1.165, 1.54) is 4.68 Å². The number of hydrogen-bond acceptors (Lipinski definition) is 3. The van der Waals surface area contributed by atoms with Crippen molar-refractivity contribution in [1.29, 1.82) is 0 Å². The number of halogens is 2.